The molecule has 0 unspecified atom stereocenters. The van der Waals surface area contributed by atoms with Gasteiger partial charge in [0.05, 0.1) is 0 Å². The smallest absolute Gasteiger partial charge is 0.170 e. The van der Waals surface area contributed by atoms with Gasteiger partial charge < -0.3 is 10.2 Å². The number of nitrogens with zero attached hydrogens (tertiary/aromatic N) is 2. The topological polar surface area (TPSA) is 28.2 Å². The lowest BCUT2D eigenvalue weighted by Crippen LogP contribution is -2.20. The number of para-hydroxylation sites is 1. The zero-order valence-corrected chi connectivity index (χ0v) is 11.9. The molecule has 0 spiro atoms. The highest BCUT2D eigenvalue weighted by Crippen LogP contribution is 2.26. The highest BCUT2D eigenvalue weighted by molar-refractivity contribution is 5.60. The second-order valence-electron chi connectivity index (χ2n) is 4.47. The average Bonchev–Trinajstić information content (AvgIpc) is 2.49. The summed E-state index contributed by atoms with van der Waals surface area (Å²) in [5, 5.41) is 3.14. The fourth-order valence-electron chi connectivity index (χ4n) is 2.12. The van der Waals surface area contributed by atoms with Crippen molar-refractivity contribution in [2.45, 2.75) is 20.4 Å². The maximum Gasteiger partial charge on any atom is 0.170 e. The molecule has 3 nitrogen and oxygen atoms in total. The van der Waals surface area contributed by atoms with E-state index in [1.807, 2.05) is 49.1 Å². The summed E-state index contributed by atoms with van der Waals surface area (Å²) in [6, 6.07) is 11.5. The van der Waals surface area contributed by atoms with Gasteiger partial charge in [-0.15, -0.1) is 0 Å². The Kier molecular flexibility index (Phi) is 5.07. The van der Waals surface area contributed by atoms with Gasteiger partial charge in [-0.2, -0.15) is 0 Å². The number of pyridine rings is 1. The first-order valence-corrected chi connectivity index (χ1v) is 6.94. The molecular formula is C16H20FN3. The zero-order chi connectivity index (χ0) is 14.4. The molecule has 0 radical (unpaired) electrons. The maximum atomic E-state index is 14.6. The van der Waals surface area contributed by atoms with Crippen LogP contribution in [0.15, 0.2) is 42.6 Å². The fraction of sp³-hybridized carbons (Fsp3) is 0.312. The number of rotatable bonds is 6. The first kappa shape index (κ1) is 14.5. The van der Waals surface area contributed by atoms with Gasteiger partial charge in [-0.3, -0.25) is 0 Å². The molecule has 20 heavy (non-hydrogen) atoms. The molecule has 1 heterocycles. The summed E-state index contributed by atoms with van der Waals surface area (Å²) in [5.41, 5.74) is 1.59. The van der Waals surface area contributed by atoms with Gasteiger partial charge in [0.1, 0.15) is 0 Å². The number of halogens is 1. The normalized spacial score (nSPS) is 10.6. The van der Waals surface area contributed by atoms with Crippen molar-refractivity contribution in [1.29, 1.82) is 0 Å². The molecule has 106 valence electrons. The molecule has 0 aliphatic rings. The van der Waals surface area contributed by atoms with Crippen LogP contribution in [0.3, 0.4) is 0 Å². The summed E-state index contributed by atoms with van der Waals surface area (Å²) in [6.07, 6.45) is 1.66. The minimum Gasteiger partial charge on any atom is -0.324 e. The molecule has 0 aliphatic heterocycles. The summed E-state index contributed by atoms with van der Waals surface area (Å²) in [6.45, 7) is 5.99. The van der Waals surface area contributed by atoms with E-state index in [0.717, 1.165) is 12.2 Å². The molecule has 2 aromatic rings. The van der Waals surface area contributed by atoms with E-state index in [1.165, 1.54) is 0 Å². The largest absolute Gasteiger partial charge is 0.324 e. The lowest BCUT2D eigenvalue weighted by atomic mass is 10.2. The van der Waals surface area contributed by atoms with E-state index < -0.39 is 0 Å². The lowest BCUT2D eigenvalue weighted by molar-refractivity contribution is 0.586. The standard InChI is InChI=1S/C16H20FN3/c1-3-18-12-13-10-11-19-16(15(13)17)20(4-2)14-8-6-5-7-9-14/h5-11,18H,3-4,12H2,1-2H3. The van der Waals surface area contributed by atoms with Gasteiger partial charge in [0, 0.05) is 30.5 Å². The van der Waals surface area contributed by atoms with Crippen molar-refractivity contribution in [3.05, 3.63) is 54.0 Å². The van der Waals surface area contributed by atoms with Crippen molar-refractivity contribution in [3.63, 3.8) is 0 Å². The highest BCUT2D eigenvalue weighted by Gasteiger charge is 2.16. The predicted octanol–water partition coefficient (Wildman–Crippen LogP) is 3.49. The molecule has 1 aromatic heterocycles. The van der Waals surface area contributed by atoms with Gasteiger partial charge in [0.25, 0.3) is 0 Å². The van der Waals surface area contributed by atoms with Crippen LogP contribution in [-0.4, -0.2) is 18.1 Å². The number of hydrogen-bond acceptors (Lipinski definition) is 3. The summed E-state index contributed by atoms with van der Waals surface area (Å²) < 4.78 is 14.6. The third kappa shape index (κ3) is 3.14. The number of hydrogen-bond donors (Lipinski definition) is 1. The van der Waals surface area contributed by atoms with Crippen LogP contribution in [0.25, 0.3) is 0 Å². The number of benzene rings is 1. The molecule has 0 amide bonds. The Morgan fingerprint density at radius 1 is 1.15 bits per heavy atom. The van der Waals surface area contributed by atoms with Gasteiger partial charge in [0.2, 0.25) is 0 Å². The Morgan fingerprint density at radius 3 is 2.55 bits per heavy atom. The molecule has 0 atom stereocenters. The van der Waals surface area contributed by atoms with Crippen LogP contribution in [0, 0.1) is 5.82 Å². The Hall–Kier alpha value is -1.94. The van der Waals surface area contributed by atoms with Crippen molar-refractivity contribution in [2.24, 2.45) is 0 Å². The predicted molar refractivity (Wildman–Crippen MR) is 80.7 cm³/mol. The molecule has 0 aliphatic carbocycles. The van der Waals surface area contributed by atoms with Crippen LogP contribution >= 0.6 is 0 Å². The number of aromatic nitrogens is 1. The van der Waals surface area contributed by atoms with Crippen LogP contribution in [0.1, 0.15) is 19.4 Å². The fourth-order valence-corrected chi connectivity index (χ4v) is 2.12. The highest BCUT2D eigenvalue weighted by atomic mass is 19.1. The van der Waals surface area contributed by atoms with Crippen LogP contribution in [0.4, 0.5) is 15.9 Å². The van der Waals surface area contributed by atoms with E-state index in [0.29, 0.717) is 24.5 Å². The van der Waals surface area contributed by atoms with E-state index in [-0.39, 0.29) is 5.82 Å². The quantitative estimate of drug-likeness (QED) is 0.873. The van der Waals surface area contributed by atoms with Crippen molar-refractivity contribution in [2.75, 3.05) is 18.0 Å². The van der Waals surface area contributed by atoms with Crippen molar-refractivity contribution in [1.82, 2.24) is 10.3 Å². The summed E-state index contributed by atoms with van der Waals surface area (Å²) in [7, 11) is 0. The first-order valence-electron chi connectivity index (χ1n) is 6.94. The lowest BCUT2D eigenvalue weighted by Gasteiger charge is -2.23. The van der Waals surface area contributed by atoms with E-state index in [9.17, 15) is 4.39 Å². The van der Waals surface area contributed by atoms with Crippen LogP contribution in [-0.2, 0) is 6.54 Å². The third-order valence-corrected chi connectivity index (χ3v) is 3.16. The molecule has 0 fully saturated rings. The van der Waals surface area contributed by atoms with E-state index in [2.05, 4.69) is 10.3 Å². The minimum atomic E-state index is -0.251. The Bertz CT molecular complexity index is 543. The molecule has 1 N–H and O–H groups in total. The number of anilines is 2. The molecule has 1 aromatic carbocycles. The number of nitrogens with one attached hydrogen (secondary N) is 1. The SMILES string of the molecule is CCNCc1ccnc(N(CC)c2ccccc2)c1F. The third-order valence-electron chi connectivity index (χ3n) is 3.16. The van der Waals surface area contributed by atoms with Crippen LogP contribution in [0.2, 0.25) is 0 Å². The summed E-state index contributed by atoms with van der Waals surface area (Å²) >= 11 is 0. The van der Waals surface area contributed by atoms with Crippen molar-refractivity contribution in [3.8, 4) is 0 Å². The minimum absolute atomic E-state index is 0.251. The van der Waals surface area contributed by atoms with Gasteiger partial charge in [-0.05, 0) is 31.7 Å². The molecular weight excluding hydrogens is 253 g/mol. The Morgan fingerprint density at radius 2 is 1.90 bits per heavy atom. The van der Waals surface area contributed by atoms with E-state index >= 15 is 0 Å². The molecule has 0 saturated heterocycles. The van der Waals surface area contributed by atoms with Gasteiger partial charge in [0.15, 0.2) is 11.6 Å². The van der Waals surface area contributed by atoms with Crippen LogP contribution in [0.5, 0.6) is 0 Å². The monoisotopic (exact) mass is 273 g/mol. The first-order chi connectivity index (χ1) is 9.77. The molecule has 2 rings (SSSR count). The Balaban J connectivity index is 2.35. The molecule has 0 saturated carbocycles. The average molecular weight is 273 g/mol. The van der Waals surface area contributed by atoms with E-state index in [1.54, 1.807) is 12.3 Å². The van der Waals surface area contributed by atoms with E-state index in [4.69, 9.17) is 0 Å². The van der Waals surface area contributed by atoms with Crippen molar-refractivity contribution >= 4 is 11.5 Å². The van der Waals surface area contributed by atoms with Crippen molar-refractivity contribution < 1.29 is 4.39 Å². The van der Waals surface area contributed by atoms with Gasteiger partial charge in [-0.1, -0.05) is 25.1 Å². The zero-order valence-electron chi connectivity index (χ0n) is 11.9. The summed E-state index contributed by atoms with van der Waals surface area (Å²) in [4.78, 5) is 6.10. The summed E-state index contributed by atoms with van der Waals surface area (Å²) in [5.74, 6) is 0.133. The second kappa shape index (κ2) is 7.01. The Labute approximate surface area is 119 Å². The van der Waals surface area contributed by atoms with Gasteiger partial charge >= 0.3 is 0 Å². The maximum absolute atomic E-state index is 14.6. The van der Waals surface area contributed by atoms with Gasteiger partial charge in [-0.25, -0.2) is 9.37 Å². The second-order valence-corrected chi connectivity index (χ2v) is 4.47. The molecule has 4 heteroatoms. The molecule has 0 bridgehead atoms. The van der Waals surface area contributed by atoms with Crippen LogP contribution < -0.4 is 10.2 Å².